The lowest BCUT2D eigenvalue weighted by molar-refractivity contribution is -0.121. The van der Waals surface area contributed by atoms with Gasteiger partial charge in [-0.2, -0.15) is 0 Å². The number of aryl methyl sites for hydroxylation is 2. The normalized spacial score (nSPS) is 15.4. The van der Waals surface area contributed by atoms with Gasteiger partial charge in [0.05, 0.1) is 17.8 Å². The van der Waals surface area contributed by atoms with E-state index in [0.717, 1.165) is 41.0 Å². The van der Waals surface area contributed by atoms with E-state index >= 15 is 0 Å². The van der Waals surface area contributed by atoms with Crippen molar-refractivity contribution in [2.75, 3.05) is 0 Å². The molecule has 0 bridgehead atoms. The lowest BCUT2D eigenvalue weighted by Crippen LogP contribution is -2.35. The first-order chi connectivity index (χ1) is 14.0. The number of hydrogen-bond acceptors (Lipinski definition) is 2. The van der Waals surface area contributed by atoms with Crippen LogP contribution in [-0.2, 0) is 11.2 Å². The average Bonchev–Trinajstić information content (AvgIpc) is 2.86. The van der Waals surface area contributed by atoms with E-state index < -0.39 is 0 Å². The fourth-order valence-electron chi connectivity index (χ4n) is 4.25. The molecule has 1 saturated carbocycles. The summed E-state index contributed by atoms with van der Waals surface area (Å²) in [6.07, 6.45) is 9.26. The lowest BCUT2D eigenvalue weighted by Gasteiger charge is -2.16. The summed E-state index contributed by atoms with van der Waals surface area (Å²) in [5.41, 5.74) is 4.90. The van der Waals surface area contributed by atoms with Crippen molar-refractivity contribution < 1.29 is 9.18 Å². The number of fused-ring (bicyclic) bond motifs is 1. The van der Waals surface area contributed by atoms with Gasteiger partial charge in [-0.3, -0.25) is 4.79 Å². The highest BCUT2D eigenvalue weighted by molar-refractivity contribution is 5.82. The van der Waals surface area contributed by atoms with Crippen molar-refractivity contribution in [2.45, 2.75) is 64.8 Å². The number of hydrogen-bond donors (Lipinski definition) is 1. The van der Waals surface area contributed by atoms with Crippen LogP contribution >= 0.6 is 0 Å². The third-order valence-electron chi connectivity index (χ3n) is 5.85. The lowest BCUT2D eigenvalue weighted by atomic mass is 10.0. The van der Waals surface area contributed by atoms with Crippen LogP contribution in [-0.4, -0.2) is 21.3 Å². The maximum absolute atomic E-state index is 13.8. The van der Waals surface area contributed by atoms with Gasteiger partial charge >= 0.3 is 0 Å². The molecule has 4 rings (SSSR count). The van der Waals surface area contributed by atoms with Crippen molar-refractivity contribution in [1.82, 2.24) is 14.7 Å². The van der Waals surface area contributed by atoms with E-state index in [9.17, 15) is 9.18 Å². The molecule has 4 nitrogen and oxygen atoms in total. The molecule has 1 aromatic carbocycles. The first kappa shape index (κ1) is 19.6. The van der Waals surface area contributed by atoms with Gasteiger partial charge in [0.2, 0.25) is 5.91 Å². The molecule has 1 aliphatic carbocycles. The van der Waals surface area contributed by atoms with Gasteiger partial charge < -0.3 is 9.72 Å². The highest BCUT2D eigenvalue weighted by atomic mass is 19.1. The molecular formula is C24H28FN3O. The van der Waals surface area contributed by atoms with E-state index in [1.807, 2.05) is 29.7 Å². The minimum atomic E-state index is -0.235. The van der Waals surface area contributed by atoms with Crippen LogP contribution < -0.4 is 5.32 Å². The van der Waals surface area contributed by atoms with Gasteiger partial charge in [0.15, 0.2) is 0 Å². The van der Waals surface area contributed by atoms with Crippen molar-refractivity contribution in [1.29, 1.82) is 0 Å². The Morgan fingerprint density at radius 2 is 1.90 bits per heavy atom. The summed E-state index contributed by atoms with van der Waals surface area (Å²) in [6, 6.07) is 9.25. The zero-order valence-corrected chi connectivity index (χ0v) is 17.2. The van der Waals surface area contributed by atoms with E-state index in [0.29, 0.717) is 5.56 Å². The molecule has 2 heterocycles. The average molecular weight is 394 g/mol. The van der Waals surface area contributed by atoms with Crippen LogP contribution in [0.4, 0.5) is 4.39 Å². The number of nitrogens with one attached hydrogen (secondary N) is 1. The summed E-state index contributed by atoms with van der Waals surface area (Å²) in [5, 5.41) is 3.24. The number of rotatable bonds is 4. The van der Waals surface area contributed by atoms with Gasteiger partial charge in [0, 0.05) is 17.8 Å². The number of pyridine rings is 1. The van der Waals surface area contributed by atoms with Crippen LogP contribution in [0.25, 0.3) is 16.9 Å². The number of imidazole rings is 1. The molecular weight excluding hydrogens is 365 g/mol. The van der Waals surface area contributed by atoms with Gasteiger partial charge in [0.1, 0.15) is 11.5 Å². The molecule has 0 atom stereocenters. The number of benzene rings is 1. The van der Waals surface area contributed by atoms with Crippen LogP contribution in [0.5, 0.6) is 0 Å². The zero-order valence-electron chi connectivity index (χ0n) is 17.2. The summed E-state index contributed by atoms with van der Waals surface area (Å²) in [7, 11) is 0. The second-order valence-electron chi connectivity index (χ2n) is 8.24. The zero-order chi connectivity index (χ0) is 20.4. The Bertz CT molecular complexity index is 1030. The number of carbonyl (C=O) groups excluding carboxylic acids is 1. The first-order valence-electron chi connectivity index (χ1n) is 10.5. The SMILES string of the molecule is Cc1ccc2nc(-c3ccc(F)c(C)c3)c(CC(=O)NC3CCCCCC3)n2c1. The van der Waals surface area contributed by atoms with Crippen LogP contribution in [0.1, 0.15) is 55.3 Å². The van der Waals surface area contributed by atoms with Gasteiger partial charge in [-0.1, -0.05) is 31.7 Å². The van der Waals surface area contributed by atoms with E-state index in [2.05, 4.69) is 5.32 Å². The second kappa shape index (κ2) is 8.36. The Hall–Kier alpha value is -2.69. The molecule has 1 fully saturated rings. The summed E-state index contributed by atoms with van der Waals surface area (Å²) in [4.78, 5) is 17.7. The standard InChI is InChI=1S/C24H28FN3O/c1-16-9-12-22-27-24(18-10-11-20(25)17(2)13-18)21(28(22)15-16)14-23(29)26-19-7-5-3-4-6-8-19/h9-13,15,19H,3-8,14H2,1-2H3,(H,26,29). The molecule has 1 aliphatic rings. The quantitative estimate of drug-likeness (QED) is 0.624. The molecule has 2 aromatic heterocycles. The van der Waals surface area contributed by atoms with Gasteiger partial charge in [0.25, 0.3) is 0 Å². The predicted molar refractivity (Wildman–Crippen MR) is 113 cm³/mol. The number of halogens is 1. The minimum Gasteiger partial charge on any atom is -0.353 e. The third kappa shape index (κ3) is 4.34. The number of nitrogens with zero attached hydrogens (tertiary/aromatic N) is 2. The maximum Gasteiger partial charge on any atom is 0.226 e. The van der Waals surface area contributed by atoms with E-state index in [1.165, 1.54) is 31.7 Å². The third-order valence-corrected chi connectivity index (χ3v) is 5.85. The van der Waals surface area contributed by atoms with Gasteiger partial charge in [-0.05, 0) is 62.1 Å². The van der Waals surface area contributed by atoms with Crippen molar-refractivity contribution in [2.24, 2.45) is 0 Å². The predicted octanol–water partition coefficient (Wildman–Crippen LogP) is 5.14. The van der Waals surface area contributed by atoms with Crippen molar-refractivity contribution >= 4 is 11.6 Å². The first-order valence-corrected chi connectivity index (χ1v) is 10.5. The molecule has 0 aliphatic heterocycles. The molecule has 1 N–H and O–H groups in total. The molecule has 0 radical (unpaired) electrons. The highest BCUT2D eigenvalue weighted by Gasteiger charge is 2.20. The summed E-state index contributed by atoms with van der Waals surface area (Å²) >= 11 is 0. The molecule has 3 aromatic rings. The summed E-state index contributed by atoms with van der Waals surface area (Å²) < 4.78 is 15.8. The Morgan fingerprint density at radius 1 is 1.14 bits per heavy atom. The van der Waals surface area contributed by atoms with Crippen LogP contribution in [0.15, 0.2) is 36.5 Å². The summed E-state index contributed by atoms with van der Waals surface area (Å²) in [5.74, 6) is -0.207. The molecule has 5 heteroatoms. The highest BCUT2D eigenvalue weighted by Crippen LogP contribution is 2.27. The molecule has 0 unspecified atom stereocenters. The Labute approximate surface area is 171 Å². The molecule has 0 saturated heterocycles. The second-order valence-corrected chi connectivity index (χ2v) is 8.24. The molecule has 0 spiro atoms. The molecule has 152 valence electrons. The topological polar surface area (TPSA) is 46.4 Å². The van der Waals surface area contributed by atoms with Crippen LogP contribution in [0.2, 0.25) is 0 Å². The largest absolute Gasteiger partial charge is 0.353 e. The van der Waals surface area contributed by atoms with Gasteiger partial charge in [-0.15, -0.1) is 0 Å². The minimum absolute atomic E-state index is 0.0280. The molecule has 29 heavy (non-hydrogen) atoms. The monoisotopic (exact) mass is 393 g/mol. The molecule has 1 amide bonds. The maximum atomic E-state index is 13.8. The Balaban J connectivity index is 1.68. The van der Waals surface area contributed by atoms with Crippen LogP contribution in [0.3, 0.4) is 0 Å². The van der Waals surface area contributed by atoms with Crippen molar-refractivity contribution in [3.8, 4) is 11.3 Å². The van der Waals surface area contributed by atoms with Crippen molar-refractivity contribution in [3.63, 3.8) is 0 Å². The number of aromatic nitrogens is 2. The van der Waals surface area contributed by atoms with Gasteiger partial charge in [-0.25, -0.2) is 9.37 Å². The van der Waals surface area contributed by atoms with E-state index in [1.54, 1.807) is 19.1 Å². The number of amides is 1. The van der Waals surface area contributed by atoms with E-state index in [4.69, 9.17) is 4.98 Å². The van der Waals surface area contributed by atoms with Crippen LogP contribution in [0, 0.1) is 19.7 Å². The number of carbonyl (C=O) groups is 1. The van der Waals surface area contributed by atoms with Crippen molar-refractivity contribution in [3.05, 3.63) is 59.2 Å². The fourth-order valence-corrected chi connectivity index (χ4v) is 4.25. The smallest absolute Gasteiger partial charge is 0.226 e. The Kier molecular flexibility index (Phi) is 5.65. The summed E-state index contributed by atoms with van der Waals surface area (Å²) in [6.45, 7) is 3.77. The fraction of sp³-hybridized carbons (Fsp3) is 0.417. The van der Waals surface area contributed by atoms with E-state index in [-0.39, 0.29) is 24.2 Å². The Morgan fingerprint density at radius 3 is 2.62 bits per heavy atom.